The first-order chi connectivity index (χ1) is 6.66. The van der Waals surface area contributed by atoms with Crippen molar-refractivity contribution in [2.45, 2.75) is 31.4 Å². The molecule has 0 atom stereocenters. The van der Waals surface area contributed by atoms with Crippen LogP contribution in [0, 0.1) is 0 Å². The lowest BCUT2D eigenvalue weighted by Crippen LogP contribution is -2.71. The van der Waals surface area contributed by atoms with Crippen LogP contribution in [0.25, 0.3) is 0 Å². The molecule has 1 saturated carbocycles. The molecular weight excluding hydrogens is 184 g/mol. The fourth-order valence-corrected chi connectivity index (χ4v) is 2.02. The number of amides is 2. The normalized spacial score (nSPS) is 36.8. The van der Waals surface area contributed by atoms with Crippen molar-refractivity contribution in [3.05, 3.63) is 0 Å². The molecule has 1 aliphatic carbocycles. The molecule has 2 aliphatic rings. The molecule has 1 saturated heterocycles. The van der Waals surface area contributed by atoms with Gasteiger partial charge in [-0.15, -0.1) is 0 Å². The van der Waals surface area contributed by atoms with E-state index >= 15 is 0 Å². The molecule has 0 aromatic carbocycles. The Bertz CT molecular complexity index is 271. The van der Waals surface area contributed by atoms with Crippen molar-refractivity contribution in [1.82, 2.24) is 10.6 Å². The lowest BCUT2D eigenvalue weighted by molar-refractivity contribution is -0.148. The second-order valence-electron chi connectivity index (χ2n) is 3.80. The number of carbonyl (C=O) groups is 2. The van der Waals surface area contributed by atoms with Crippen LogP contribution in [0.15, 0.2) is 0 Å². The summed E-state index contributed by atoms with van der Waals surface area (Å²) in [5.74, 6) is -0.454. The molecule has 5 heteroatoms. The maximum Gasteiger partial charge on any atom is 0.247 e. The van der Waals surface area contributed by atoms with Crippen LogP contribution >= 0.6 is 0 Å². The molecule has 5 nitrogen and oxygen atoms in total. The van der Waals surface area contributed by atoms with Gasteiger partial charge in [0.2, 0.25) is 11.8 Å². The van der Waals surface area contributed by atoms with Crippen LogP contribution in [0.1, 0.15) is 19.8 Å². The number of rotatable bonds is 2. The Kier molecular flexibility index (Phi) is 2.28. The zero-order chi connectivity index (χ0) is 10.2. The van der Waals surface area contributed by atoms with Crippen LogP contribution in [-0.4, -0.2) is 36.6 Å². The second kappa shape index (κ2) is 3.33. The van der Waals surface area contributed by atoms with Gasteiger partial charge in [-0.1, -0.05) is 0 Å². The van der Waals surface area contributed by atoms with E-state index in [-0.39, 0.29) is 24.5 Å². The van der Waals surface area contributed by atoms with Gasteiger partial charge in [-0.05, 0) is 6.92 Å². The average molecular weight is 198 g/mol. The number of imide groups is 1. The summed E-state index contributed by atoms with van der Waals surface area (Å²) in [4.78, 5) is 22.4. The number of ether oxygens (including phenoxy) is 1. The molecule has 0 radical (unpaired) electrons. The van der Waals surface area contributed by atoms with Crippen molar-refractivity contribution in [3.8, 4) is 0 Å². The Hall–Kier alpha value is -0.940. The highest BCUT2D eigenvalue weighted by Crippen LogP contribution is 2.35. The molecule has 78 valence electrons. The van der Waals surface area contributed by atoms with Gasteiger partial charge < -0.3 is 4.74 Å². The summed E-state index contributed by atoms with van der Waals surface area (Å²) in [6.07, 6.45) is 1.49. The van der Waals surface area contributed by atoms with E-state index in [4.69, 9.17) is 4.74 Å². The van der Waals surface area contributed by atoms with Gasteiger partial charge >= 0.3 is 0 Å². The Morgan fingerprint density at radius 3 is 2.79 bits per heavy atom. The van der Waals surface area contributed by atoms with Crippen LogP contribution < -0.4 is 10.6 Å². The number of hydrogen-bond donors (Lipinski definition) is 2. The van der Waals surface area contributed by atoms with Gasteiger partial charge in [0.25, 0.3) is 0 Å². The van der Waals surface area contributed by atoms with E-state index in [9.17, 15) is 9.59 Å². The predicted octanol–water partition coefficient (Wildman–Crippen LogP) is -0.830. The molecule has 1 spiro atoms. The molecule has 0 bridgehead atoms. The van der Waals surface area contributed by atoms with Gasteiger partial charge in [0.15, 0.2) is 0 Å². The molecule has 0 unspecified atom stereocenters. The molecule has 14 heavy (non-hydrogen) atoms. The topological polar surface area (TPSA) is 67.4 Å². The Balaban J connectivity index is 1.93. The zero-order valence-electron chi connectivity index (χ0n) is 8.13. The van der Waals surface area contributed by atoms with E-state index in [0.29, 0.717) is 19.4 Å². The minimum absolute atomic E-state index is 0.159. The molecular formula is C9H14N2O3. The third kappa shape index (κ3) is 1.42. The molecule has 2 amide bonds. The minimum atomic E-state index is -0.534. The van der Waals surface area contributed by atoms with Crippen molar-refractivity contribution >= 4 is 11.8 Å². The van der Waals surface area contributed by atoms with Gasteiger partial charge in [-0.2, -0.15) is 0 Å². The highest BCUT2D eigenvalue weighted by molar-refractivity contribution is 6.04. The largest absolute Gasteiger partial charge is 0.378 e. The molecule has 1 heterocycles. The van der Waals surface area contributed by atoms with Gasteiger partial charge in [0.05, 0.1) is 12.6 Å². The van der Waals surface area contributed by atoms with E-state index in [1.165, 1.54) is 0 Å². The third-order valence-corrected chi connectivity index (χ3v) is 2.83. The Morgan fingerprint density at radius 2 is 2.21 bits per heavy atom. The molecule has 0 aromatic rings. The van der Waals surface area contributed by atoms with Gasteiger partial charge in [-0.25, -0.2) is 0 Å². The molecule has 2 rings (SSSR count). The lowest BCUT2D eigenvalue weighted by Gasteiger charge is -2.47. The summed E-state index contributed by atoms with van der Waals surface area (Å²) in [6, 6.07) is 0. The summed E-state index contributed by atoms with van der Waals surface area (Å²) in [5.41, 5.74) is -0.534. The van der Waals surface area contributed by atoms with Crippen molar-refractivity contribution in [3.63, 3.8) is 0 Å². The van der Waals surface area contributed by atoms with E-state index < -0.39 is 5.54 Å². The monoisotopic (exact) mass is 198 g/mol. The highest BCUT2D eigenvalue weighted by atomic mass is 16.5. The summed E-state index contributed by atoms with van der Waals surface area (Å²) >= 11 is 0. The minimum Gasteiger partial charge on any atom is -0.378 e. The predicted molar refractivity (Wildman–Crippen MR) is 48.5 cm³/mol. The fourth-order valence-electron chi connectivity index (χ4n) is 2.02. The highest BCUT2D eigenvalue weighted by Gasteiger charge is 2.52. The molecule has 0 aromatic heterocycles. The van der Waals surface area contributed by atoms with Crippen LogP contribution in [0.2, 0.25) is 0 Å². The van der Waals surface area contributed by atoms with Gasteiger partial charge in [0, 0.05) is 19.4 Å². The first-order valence-electron chi connectivity index (χ1n) is 4.87. The van der Waals surface area contributed by atoms with E-state index in [0.717, 1.165) is 0 Å². The first-order valence-corrected chi connectivity index (χ1v) is 4.87. The number of carbonyl (C=O) groups excluding carboxylic acids is 2. The standard InChI is InChI=1S/C9H14N2O3/c1-2-14-6-3-9(4-6)8(13)11-7(12)5-10-9/h6,10H,2-5H2,1H3,(H,11,12,13). The van der Waals surface area contributed by atoms with Crippen LogP contribution in [0.5, 0.6) is 0 Å². The smallest absolute Gasteiger partial charge is 0.247 e. The molecule has 2 N–H and O–H groups in total. The maximum atomic E-state index is 11.5. The third-order valence-electron chi connectivity index (χ3n) is 2.83. The number of nitrogens with one attached hydrogen (secondary N) is 2. The average Bonchev–Trinajstić information content (AvgIpc) is 2.07. The van der Waals surface area contributed by atoms with Crippen molar-refractivity contribution in [2.75, 3.05) is 13.2 Å². The Morgan fingerprint density at radius 1 is 1.50 bits per heavy atom. The SMILES string of the molecule is CCOC1CC2(C1)NCC(=O)NC2=O. The summed E-state index contributed by atoms with van der Waals surface area (Å²) in [7, 11) is 0. The van der Waals surface area contributed by atoms with E-state index in [2.05, 4.69) is 10.6 Å². The van der Waals surface area contributed by atoms with Crippen LogP contribution in [0.3, 0.4) is 0 Å². The van der Waals surface area contributed by atoms with E-state index in [1.54, 1.807) is 0 Å². The second-order valence-corrected chi connectivity index (χ2v) is 3.80. The van der Waals surface area contributed by atoms with Crippen molar-refractivity contribution in [1.29, 1.82) is 0 Å². The van der Waals surface area contributed by atoms with Gasteiger partial charge in [0.1, 0.15) is 5.54 Å². The number of piperazine rings is 1. The summed E-state index contributed by atoms with van der Waals surface area (Å²) in [5, 5.41) is 5.32. The number of hydrogen-bond acceptors (Lipinski definition) is 4. The van der Waals surface area contributed by atoms with Crippen molar-refractivity contribution < 1.29 is 14.3 Å². The van der Waals surface area contributed by atoms with Gasteiger partial charge in [-0.3, -0.25) is 20.2 Å². The summed E-state index contributed by atoms with van der Waals surface area (Å²) in [6.45, 7) is 2.83. The van der Waals surface area contributed by atoms with Crippen LogP contribution in [-0.2, 0) is 14.3 Å². The van der Waals surface area contributed by atoms with E-state index in [1.807, 2.05) is 6.92 Å². The quantitative estimate of drug-likeness (QED) is 0.568. The molecule has 2 fully saturated rings. The lowest BCUT2D eigenvalue weighted by atomic mass is 9.72. The zero-order valence-corrected chi connectivity index (χ0v) is 8.13. The maximum absolute atomic E-state index is 11.5. The van der Waals surface area contributed by atoms with Crippen LogP contribution in [0.4, 0.5) is 0 Å². The van der Waals surface area contributed by atoms with Crippen molar-refractivity contribution in [2.24, 2.45) is 0 Å². The fraction of sp³-hybridized carbons (Fsp3) is 0.778. The Labute approximate surface area is 82.2 Å². The first kappa shape index (κ1) is 9.61. The summed E-state index contributed by atoms with van der Waals surface area (Å²) < 4.78 is 5.38. The molecule has 1 aliphatic heterocycles.